The third-order valence-electron chi connectivity index (χ3n) is 2.32. The van der Waals surface area contributed by atoms with E-state index in [0.29, 0.717) is 17.0 Å². The van der Waals surface area contributed by atoms with E-state index in [4.69, 9.17) is 16.3 Å². The number of hydrogen-bond acceptors (Lipinski definition) is 3. The number of rotatable bonds is 3. The predicted molar refractivity (Wildman–Crippen MR) is 70.2 cm³/mol. The van der Waals surface area contributed by atoms with Crippen molar-refractivity contribution in [2.45, 2.75) is 0 Å². The van der Waals surface area contributed by atoms with Crippen molar-refractivity contribution < 1.29 is 9.53 Å². The number of anilines is 1. The first kappa shape index (κ1) is 12.4. The molecule has 0 fully saturated rings. The monoisotopic (exact) mass is 262 g/mol. The summed E-state index contributed by atoms with van der Waals surface area (Å²) in [7, 11) is 1.57. The smallest absolute Gasteiger partial charge is 0.255 e. The largest absolute Gasteiger partial charge is 0.497 e. The lowest BCUT2D eigenvalue weighted by molar-refractivity contribution is 0.102. The summed E-state index contributed by atoms with van der Waals surface area (Å²) in [6.45, 7) is 0. The Hall–Kier alpha value is -2.07. The Morgan fingerprint density at radius 3 is 2.89 bits per heavy atom. The maximum absolute atomic E-state index is 11.9. The lowest BCUT2D eigenvalue weighted by Gasteiger charge is -2.07. The third-order valence-corrected chi connectivity index (χ3v) is 2.52. The summed E-state index contributed by atoms with van der Waals surface area (Å²) in [6, 6.07) is 10.2. The summed E-state index contributed by atoms with van der Waals surface area (Å²) < 4.78 is 5.08. The van der Waals surface area contributed by atoms with E-state index < -0.39 is 0 Å². The fraction of sp³-hybridized carbons (Fsp3) is 0.0769. The molecule has 5 heteroatoms. The van der Waals surface area contributed by atoms with Gasteiger partial charge in [-0.3, -0.25) is 4.79 Å². The van der Waals surface area contributed by atoms with Crippen molar-refractivity contribution in [1.29, 1.82) is 0 Å². The number of methoxy groups -OCH3 is 1. The first-order valence-corrected chi connectivity index (χ1v) is 5.64. The summed E-state index contributed by atoms with van der Waals surface area (Å²) in [4.78, 5) is 15.7. The molecule has 0 atom stereocenters. The highest BCUT2D eigenvalue weighted by atomic mass is 35.5. The van der Waals surface area contributed by atoms with E-state index in [1.54, 1.807) is 37.4 Å². The second-order valence-corrected chi connectivity index (χ2v) is 3.94. The molecule has 0 aliphatic heterocycles. The minimum Gasteiger partial charge on any atom is -0.497 e. The fourth-order valence-corrected chi connectivity index (χ4v) is 1.62. The van der Waals surface area contributed by atoms with Gasteiger partial charge < -0.3 is 10.1 Å². The summed E-state index contributed by atoms with van der Waals surface area (Å²) in [5, 5.41) is 3.04. The average Bonchev–Trinajstić information content (AvgIpc) is 2.39. The zero-order valence-electron chi connectivity index (χ0n) is 9.68. The maximum Gasteiger partial charge on any atom is 0.255 e. The van der Waals surface area contributed by atoms with Gasteiger partial charge in [-0.15, -0.1) is 0 Å². The molecule has 0 saturated carbocycles. The summed E-state index contributed by atoms with van der Waals surface area (Å²) in [6.07, 6.45) is 1.49. The van der Waals surface area contributed by atoms with E-state index in [0.717, 1.165) is 0 Å². The van der Waals surface area contributed by atoms with Crippen LogP contribution in [0.15, 0.2) is 42.6 Å². The van der Waals surface area contributed by atoms with Gasteiger partial charge in [0.15, 0.2) is 0 Å². The Morgan fingerprint density at radius 2 is 2.17 bits per heavy atom. The molecule has 0 radical (unpaired) electrons. The van der Waals surface area contributed by atoms with Crippen LogP contribution < -0.4 is 10.1 Å². The number of nitrogens with one attached hydrogen (secondary N) is 1. The van der Waals surface area contributed by atoms with Gasteiger partial charge in [-0.05, 0) is 24.3 Å². The molecule has 1 aromatic heterocycles. The van der Waals surface area contributed by atoms with Crippen LogP contribution in [-0.2, 0) is 0 Å². The van der Waals surface area contributed by atoms with Crippen LogP contribution in [-0.4, -0.2) is 18.0 Å². The zero-order chi connectivity index (χ0) is 13.0. The van der Waals surface area contributed by atoms with Crippen LogP contribution in [0.1, 0.15) is 10.4 Å². The number of nitrogens with zero attached hydrogens (tertiary/aromatic N) is 1. The molecular weight excluding hydrogens is 252 g/mol. The molecule has 0 unspecified atom stereocenters. The van der Waals surface area contributed by atoms with Crippen molar-refractivity contribution in [3.8, 4) is 5.75 Å². The maximum atomic E-state index is 11.9. The Kier molecular flexibility index (Phi) is 3.79. The van der Waals surface area contributed by atoms with Crippen LogP contribution in [0, 0.1) is 0 Å². The SMILES string of the molecule is COc1cccc(NC(=O)c2ccnc(Cl)c2)c1. The molecule has 2 rings (SSSR count). The summed E-state index contributed by atoms with van der Waals surface area (Å²) in [5.74, 6) is 0.438. The Bertz CT molecular complexity index is 572. The van der Waals surface area contributed by atoms with Crippen molar-refractivity contribution in [3.63, 3.8) is 0 Å². The van der Waals surface area contributed by atoms with E-state index in [2.05, 4.69) is 10.3 Å². The van der Waals surface area contributed by atoms with Crippen LogP contribution in [0.5, 0.6) is 5.75 Å². The van der Waals surface area contributed by atoms with Crippen LogP contribution in [0.25, 0.3) is 0 Å². The molecule has 92 valence electrons. The zero-order valence-corrected chi connectivity index (χ0v) is 10.4. The molecule has 0 aliphatic carbocycles. The van der Waals surface area contributed by atoms with Gasteiger partial charge in [0, 0.05) is 23.5 Å². The van der Waals surface area contributed by atoms with Gasteiger partial charge in [0.05, 0.1) is 7.11 Å². The summed E-state index contributed by atoms with van der Waals surface area (Å²) in [5.41, 5.74) is 1.12. The number of aromatic nitrogens is 1. The van der Waals surface area contributed by atoms with Gasteiger partial charge in [0.25, 0.3) is 5.91 Å². The minimum atomic E-state index is -0.243. The molecule has 1 N–H and O–H groups in total. The van der Waals surface area contributed by atoms with Crippen molar-refractivity contribution in [2.24, 2.45) is 0 Å². The third kappa shape index (κ3) is 2.99. The van der Waals surface area contributed by atoms with Gasteiger partial charge in [-0.1, -0.05) is 17.7 Å². The van der Waals surface area contributed by atoms with E-state index >= 15 is 0 Å². The van der Waals surface area contributed by atoms with Crippen molar-refractivity contribution >= 4 is 23.2 Å². The number of pyridine rings is 1. The Labute approximate surface area is 110 Å². The molecule has 0 aliphatic rings. The molecule has 0 saturated heterocycles. The highest BCUT2D eigenvalue weighted by Crippen LogP contribution is 2.17. The van der Waals surface area contributed by atoms with Crippen LogP contribution in [0.4, 0.5) is 5.69 Å². The van der Waals surface area contributed by atoms with E-state index in [-0.39, 0.29) is 11.1 Å². The van der Waals surface area contributed by atoms with Crippen molar-refractivity contribution in [2.75, 3.05) is 12.4 Å². The van der Waals surface area contributed by atoms with Crippen LogP contribution >= 0.6 is 11.6 Å². The number of hydrogen-bond donors (Lipinski definition) is 1. The number of amides is 1. The molecule has 0 bridgehead atoms. The molecule has 4 nitrogen and oxygen atoms in total. The second kappa shape index (κ2) is 5.51. The predicted octanol–water partition coefficient (Wildman–Crippen LogP) is 3.00. The number of halogens is 1. The first-order chi connectivity index (χ1) is 8.69. The molecule has 1 aromatic carbocycles. The van der Waals surface area contributed by atoms with Crippen molar-refractivity contribution in [1.82, 2.24) is 4.98 Å². The molecule has 1 heterocycles. The highest BCUT2D eigenvalue weighted by molar-refractivity contribution is 6.29. The Morgan fingerprint density at radius 1 is 1.33 bits per heavy atom. The van der Waals surface area contributed by atoms with Crippen LogP contribution in [0.2, 0.25) is 5.15 Å². The number of carbonyl (C=O) groups excluding carboxylic acids is 1. The summed E-state index contributed by atoms with van der Waals surface area (Å²) >= 11 is 5.73. The fourth-order valence-electron chi connectivity index (χ4n) is 1.45. The van der Waals surface area contributed by atoms with Gasteiger partial charge in [0.1, 0.15) is 10.9 Å². The Balaban J connectivity index is 2.16. The number of ether oxygens (including phenoxy) is 1. The molecule has 18 heavy (non-hydrogen) atoms. The lowest BCUT2D eigenvalue weighted by atomic mass is 10.2. The second-order valence-electron chi connectivity index (χ2n) is 3.55. The molecule has 2 aromatic rings. The van der Waals surface area contributed by atoms with Gasteiger partial charge in [-0.2, -0.15) is 0 Å². The van der Waals surface area contributed by atoms with E-state index in [9.17, 15) is 4.79 Å². The van der Waals surface area contributed by atoms with E-state index in [1.165, 1.54) is 12.3 Å². The van der Waals surface area contributed by atoms with Gasteiger partial charge in [-0.25, -0.2) is 4.98 Å². The van der Waals surface area contributed by atoms with Gasteiger partial charge in [0.2, 0.25) is 0 Å². The van der Waals surface area contributed by atoms with Crippen LogP contribution in [0.3, 0.4) is 0 Å². The molecule has 0 spiro atoms. The first-order valence-electron chi connectivity index (χ1n) is 5.26. The van der Waals surface area contributed by atoms with Gasteiger partial charge >= 0.3 is 0 Å². The lowest BCUT2D eigenvalue weighted by Crippen LogP contribution is -2.11. The van der Waals surface area contributed by atoms with E-state index in [1.807, 2.05) is 0 Å². The molecular formula is C13H11ClN2O2. The molecule has 1 amide bonds. The number of carbonyl (C=O) groups is 1. The topological polar surface area (TPSA) is 51.2 Å². The minimum absolute atomic E-state index is 0.243. The average molecular weight is 263 g/mol. The normalized spacial score (nSPS) is 9.89. The number of benzene rings is 1. The van der Waals surface area contributed by atoms with Crippen molar-refractivity contribution in [3.05, 3.63) is 53.3 Å². The quantitative estimate of drug-likeness (QED) is 0.865. The standard InChI is InChI=1S/C13H11ClN2O2/c1-18-11-4-2-3-10(8-11)16-13(17)9-5-6-15-12(14)7-9/h2-8H,1H3,(H,16,17). The highest BCUT2D eigenvalue weighted by Gasteiger charge is 2.07.